The van der Waals surface area contributed by atoms with E-state index in [1.54, 1.807) is 0 Å². The Morgan fingerprint density at radius 2 is 1.92 bits per heavy atom. The zero-order chi connectivity index (χ0) is 8.39. The fraction of sp³-hybridized carbons (Fsp3) is 0.400. The summed E-state index contributed by atoms with van der Waals surface area (Å²) in [6.45, 7) is 1.09. The van der Waals surface area contributed by atoms with Gasteiger partial charge in [-0.2, -0.15) is 0 Å². The molecule has 0 aromatic heterocycles. The molecule has 0 bridgehead atoms. The fourth-order valence-corrected chi connectivity index (χ4v) is 1.66. The number of hydrogen-bond acceptors (Lipinski definition) is 1. The fourth-order valence-electron chi connectivity index (χ4n) is 1.66. The van der Waals surface area contributed by atoms with Gasteiger partial charge in [0.2, 0.25) is 0 Å². The molecule has 1 fully saturated rings. The Bertz CT molecular complexity index is 254. The highest BCUT2D eigenvalue weighted by Crippen LogP contribution is 2.22. The zero-order valence-corrected chi connectivity index (χ0v) is 8.11. The minimum atomic E-state index is -0.156. The quantitative estimate of drug-likeness (QED) is 0.737. The average Bonchev–Trinajstić information content (AvgIpc) is 2.58. The molecular weight excluding hydrogens is 189 g/mol. The Morgan fingerprint density at radius 1 is 1.23 bits per heavy atom. The van der Waals surface area contributed by atoms with Crippen LogP contribution in [0.25, 0.3) is 0 Å². The topological polar surface area (TPSA) is 12.0 Å². The SMILES string of the molecule is Cl.Fc1ccc([C@@H]2CCCN2)cc1. The number of halogens is 2. The molecule has 0 spiro atoms. The van der Waals surface area contributed by atoms with E-state index in [-0.39, 0.29) is 18.2 Å². The molecule has 72 valence electrons. The summed E-state index contributed by atoms with van der Waals surface area (Å²) in [7, 11) is 0. The van der Waals surface area contributed by atoms with Crippen molar-refractivity contribution >= 4 is 12.4 Å². The maximum atomic E-state index is 12.6. The Morgan fingerprint density at radius 3 is 2.46 bits per heavy atom. The van der Waals surface area contributed by atoms with Gasteiger partial charge in [-0.3, -0.25) is 0 Å². The summed E-state index contributed by atoms with van der Waals surface area (Å²) in [5.74, 6) is -0.156. The van der Waals surface area contributed by atoms with Crippen molar-refractivity contribution in [2.24, 2.45) is 0 Å². The van der Waals surface area contributed by atoms with Crippen molar-refractivity contribution in [3.05, 3.63) is 35.6 Å². The molecule has 0 amide bonds. The molecule has 1 nitrogen and oxygen atoms in total. The molecule has 1 saturated heterocycles. The van der Waals surface area contributed by atoms with Crippen molar-refractivity contribution < 1.29 is 4.39 Å². The Balaban J connectivity index is 0.000000845. The Hall–Kier alpha value is -0.600. The summed E-state index contributed by atoms with van der Waals surface area (Å²) < 4.78 is 12.6. The summed E-state index contributed by atoms with van der Waals surface area (Å²) >= 11 is 0. The molecule has 1 N–H and O–H groups in total. The van der Waals surface area contributed by atoms with Crippen LogP contribution in [0.4, 0.5) is 4.39 Å². The average molecular weight is 202 g/mol. The minimum absolute atomic E-state index is 0. The molecule has 2 rings (SSSR count). The maximum absolute atomic E-state index is 12.6. The van der Waals surface area contributed by atoms with E-state index in [0.29, 0.717) is 6.04 Å². The smallest absolute Gasteiger partial charge is 0.123 e. The van der Waals surface area contributed by atoms with Crippen molar-refractivity contribution in [3.63, 3.8) is 0 Å². The molecule has 1 atom stereocenters. The summed E-state index contributed by atoms with van der Waals surface area (Å²) in [5.41, 5.74) is 1.20. The second-order valence-electron chi connectivity index (χ2n) is 3.20. The van der Waals surface area contributed by atoms with Crippen LogP contribution in [-0.2, 0) is 0 Å². The van der Waals surface area contributed by atoms with Crippen molar-refractivity contribution in [1.82, 2.24) is 5.32 Å². The van der Waals surface area contributed by atoms with E-state index >= 15 is 0 Å². The van der Waals surface area contributed by atoms with Gasteiger partial charge < -0.3 is 5.32 Å². The third kappa shape index (κ3) is 2.42. The lowest BCUT2D eigenvalue weighted by atomic mass is 10.1. The van der Waals surface area contributed by atoms with Crippen LogP contribution in [0, 0.1) is 5.82 Å². The molecule has 1 aliphatic heterocycles. The molecule has 3 heteroatoms. The van der Waals surface area contributed by atoms with Crippen molar-refractivity contribution in [2.75, 3.05) is 6.54 Å². The molecule has 1 aromatic carbocycles. The first-order valence-electron chi connectivity index (χ1n) is 4.35. The van der Waals surface area contributed by atoms with Crippen LogP contribution in [0.1, 0.15) is 24.4 Å². The highest BCUT2D eigenvalue weighted by Gasteiger charge is 2.15. The van der Waals surface area contributed by atoms with Gasteiger partial charge >= 0.3 is 0 Å². The second kappa shape index (κ2) is 4.58. The van der Waals surface area contributed by atoms with Crippen LogP contribution in [-0.4, -0.2) is 6.54 Å². The van der Waals surface area contributed by atoms with Gasteiger partial charge in [0.05, 0.1) is 0 Å². The van der Waals surface area contributed by atoms with Gasteiger partial charge in [-0.05, 0) is 37.1 Å². The normalized spacial score (nSPS) is 21.2. The summed E-state index contributed by atoms with van der Waals surface area (Å²) in [6, 6.07) is 7.21. The highest BCUT2D eigenvalue weighted by atomic mass is 35.5. The Kier molecular flexibility index (Phi) is 3.70. The van der Waals surface area contributed by atoms with E-state index in [1.807, 2.05) is 12.1 Å². The number of benzene rings is 1. The summed E-state index contributed by atoms with van der Waals surface area (Å²) in [6.07, 6.45) is 2.40. The van der Waals surface area contributed by atoms with Crippen LogP contribution in [0.3, 0.4) is 0 Å². The van der Waals surface area contributed by atoms with Gasteiger partial charge in [0.1, 0.15) is 5.82 Å². The van der Waals surface area contributed by atoms with Crippen LogP contribution in [0.15, 0.2) is 24.3 Å². The largest absolute Gasteiger partial charge is 0.310 e. The minimum Gasteiger partial charge on any atom is -0.310 e. The first-order valence-corrected chi connectivity index (χ1v) is 4.35. The van der Waals surface area contributed by atoms with Crippen LogP contribution in [0.5, 0.6) is 0 Å². The maximum Gasteiger partial charge on any atom is 0.123 e. The van der Waals surface area contributed by atoms with E-state index in [0.717, 1.165) is 6.54 Å². The van der Waals surface area contributed by atoms with E-state index < -0.39 is 0 Å². The summed E-state index contributed by atoms with van der Waals surface area (Å²) in [4.78, 5) is 0. The first-order chi connectivity index (χ1) is 5.86. The molecule has 0 unspecified atom stereocenters. The molecule has 0 aliphatic carbocycles. The van der Waals surface area contributed by atoms with Crippen LogP contribution >= 0.6 is 12.4 Å². The van der Waals surface area contributed by atoms with E-state index in [2.05, 4.69) is 5.32 Å². The van der Waals surface area contributed by atoms with E-state index in [9.17, 15) is 4.39 Å². The van der Waals surface area contributed by atoms with Gasteiger partial charge in [0.25, 0.3) is 0 Å². The lowest BCUT2D eigenvalue weighted by Crippen LogP contribution is -2.12. The predicted molar refractivity (Wildman–Crippen MR) is 53.6 cm³/mol. The van der Waals surface area contributed by atoms with Gasteiger partial charge in [-0.25, -0.2) is 4.39 Å². The molecule has 0 saturated carbocycles. The van der Waals surface area contributed by atoms with E-state index in [4.69, 9.17) is 0 Å². The lowest BCUT2D eigenvalue weighted by molar-refractivity contribution is 0.617. The second-order valence-corrected chi connectivity index (χ2v) is 3.20. The molecule has 1 aromatic rings. The Labute approximate surface area is 83.8 Å². The summed E-state index contributed by atoms with van der Waals surface area (Å²) in [5, 5.41) is 3.37. The molecule has 0 radical (unpaired) electrons. The van der Waals surface area contributed by atoms with Gasteiger partial charge in [-0.1, -0.05) is 12.1 Å². The van der Waals surface area contributed by atoms with Crippen molar-refractivity contribution in [3.8, 4) is 0 Å². The first kappa shape index (κ1) is 10.5. The highest BCUT2D eigenvalue weighted by molar-refractivity contribution is 5.85. The van der Waals surface area contributed by atoms with Gasteiger partial charge in [0.15, 0.2) is 0 Å². The third-order valence-corrected chi connectivity index (χ3v) is 2.33. The van der Waals surface area contributed by atoms with E-state index in [1.165, 1.54) is 30.5 Å². The zero-order valence-electron chi connectivity index (χ0n) is 7.29. The monoisotopic (exact) mass is 201 g/mol. The van der Waals surface area contributed by atoms with Crippen LogP contribution < -0.4 is 5.32 Å². The number of rotatable bonds is 1. The van der Waals surface area contributed by atoms with Gasteiger partial charge in [0, 0.05) is 6.04 Å². The van der Waals surface area contributed by atoms with Crippen molar-refractivity contribution in [2.45, 2.75) is 18.9 Å². The number of nitrogens with one attached hydrogen (secondary N) is 1. The number of hydrogen-bond donors (Lipinski definition) is 1. The molecule has 1 aliphatic rings. The van der Waals surface area contributed by atoms with Crippen LogP contribution in [0.2, 0.25) is 0 Å². The molecule has 13 heavy (non-hydrogen) atoms. The lowest BCUT2D eigenvalue weighted by Gasteiger charge is -2.09. The standard InChI is InChI=1S/C10H12FN.ClH/c11-9-5-3-8(4-6-9)10-2-1-7-12-10;/h3-6,10,12H,1-2,7H2;1H/t10-;/m0./s1. The predicted octanol–water partition coefficient (Wildman–Crippen LogP) is 2.67. The van der Waals surface area contributed by atoms with Crippen molar-refractivity contribution in [1.29, 1.82) is 0 Å². The molecular formula is C10H13ClFN. The third-order valence-electron chi connectivity index (χ3n) is 2.33. The van der Waals surface area contributed by atoms with Gasteiger partial charge in [-0.15, -0.1) is 12.4 Å². The molecule has 1 heterocycles.